The van der Waals surface area contributed by atoms with Crippen molar-refractivity contribution in [1.82, 2.24) is 29.5 Å². The molecule has 6 heterocycles. The fourth-order valence-corrected chi connectivity index (χ4v) is 13.2. The molecule has 1 atom stereocenters. The molecule has 0 fully saturated rings. The summed E-state index contributed by atoms with van der Waals surface area (Å²) in [5.41, 5.74) is 11.9. The maximum Gasteiger partial charge on any atom is 0.472 e. The topological polar surface area (TPSA) is 184 Å². The molecule has 0 radical (unpaired) electrons. The van der Waals surface area contributed by atoms with Crippen LogP contribution in [-0.2, 0) is 29.7 Å². The van der Waals surface area contributed by atoms with E-state index in [2.05, 4.69) is 93.8 Å². The van der Waals surface area contributed by atoms with Crippen LogP contribution in [0.25, 0.3) is 90.9 Å². The number of phosphoric acid groups is 1. The lowest BCUT2D eigenvalue weighted by Gasteiger charge is -2.24. The number of aromatic amines is 2. The van der Waals surface area contributed by atoms with E-state index in [0.29, 0.717) is 51.9 Å². The first-order chi connectivity index (χ1) is 46.1. The van der Waals surface area contributed by atoms with Crippen LogP contribution in [0.5, 0.6) is 11.5 Å². The predicted molar refractivity (Wildman–Crippen MR) is 385 cm³/mol. The normalized spacial score (nSPS) is 12.9. The molecule has 0 amide bonds. The van der Waals surface area contributed by atoms with Crippen LogP contribution >= 0.6 is 7.82 Å². The Labute approximate surface area is 560 Å². The Morgan fingerprint density at radius 3 is 1.37 bits per heavy atom. The van der Waals surface area contributed by atoms with Crippen molar-refractivity contribution in [3.63, 3.8) is 0 Å². The number of hydrogen-bond acceptors (Lipinski definition) is 10. The molecule has 4 aromatic heterocycles. The number of rotatable bonds is 36. The molecule has 2 aliphatic heterocycles. The molecule has 1 unspecified atom stereocenters. The van der Waals surface area contributed by atoms with E-state index in [-0.39, 0.29) is 37.1 Å². The largest absolute Gasteiger partial charge is 0.472 e. The molecule has 3 N–H and O–H groups in total. The van der Waals surface area contributed by atoms with Crippen LogP contribution in [0.3, 0.4) is 0 Å². The number of hydrogen-bond donors (Lipinski definition) is 3. The Hall–Kier alpha value is -8.30. The Balaban J connectivity index is 0.860. The van der Waals surface area contributed by atoms with E-state index < -0.39 is 19.2 Å². The number of imidazole rings is 1. The van der Waals surface area contributed by atoms with Crippen molar-refractivity contribution in [1.29, 1.82) is 0 Å². The average molecular weight is 1300 g/mol. The molecular formula is C79H95N7O8P+. The minimum atomic E-state index is -3.98. The molecule has 10 rings (SSSR count). The van der Waals surface area contributed by atoms with Crippen LogP contribution in [-0.4, -0.2) is 91.7 Å². The summed E-state index contributed by atoms with van der Waals surface area (Å²) < 4.78 is 38.2. The molecule has 8 bridgehead atoms. The quantitative estimate of drug-likeness (QED) is 0.0112. The molecule has 0 saturated heterocycles. The highest BCUT2D eigenvalue weighted by atomic mass is 31.2. The van der Waals surface area contributed by atoms with Gasteiger partial charge in [0.15, 0.2) is 0 Å². The summed E-state index contributed by atoms with van der Waals surface area (Å²) in [6.45, 7) is 5.71. The summed E-state index contributed by atoms with van der Waals surface area (Å²) in [6.07, 6.45) is 34.0. The lowest BCUT2D eigenvalue weighted by atomic mass is 9.86. The number of ether oxygens (including phenoxy) is 2. The van der Waals surface area contributed by atoms with Gasteiger partial charge < -0.3 is 33.4 Å². The minimum Gasteiger partial charge on any atom is -0.426 e. The number of nitrogens with one attached hydrogen (secondary N) is 2. The number of aromatic nitrogens is 6. The Kier molecular flexibility index (Phi) is 24.8. The molecule has 15 nitrogen and oxygen atoms in total. The molecule has 0 spiro atoms. The lowest BCUT2D eigenvalue weighted by molar-refractivity contribution is -0.870. The average Bonchev–Trinajstić information content (AvgIpc) is 1.67. The van der Waals surface area contributed by atoms with Gasteiger partial charge in [0.2, 0.25) is 0 Å². The number of nitrogens with zero attached hydrogens (tertiary/aromatic N) is 5. The van der Waals surface area contributed by atoms with Gasteiger partial charge in [-0.3, -0.25) is 18.6 Å². The molecule has 0 aliphatic carbocycles. The summed E-state index contributed by atoms with van der Waals surface area (Å²) in [5.74, 6) is -0.278. The zero-order valence-corrected chi connectivity index (χ0v) is 57.1. The maximum atomic E-state index is 14.9. The van der Waals surface area contributed by atoms with Crippen molar-refractivity contribution in [3.8, 4) is 56.0 Å². The van der Waals surface area contributed by atoms with Crippen LogP contribution in [0.4, 0.5) is 0 Å². The van der Waals surface area contributed by atoms with E-state index in [1.54, 1.807) is 30.7 Å². The first kappa shape index (κ1) is 69.5. The summed E-state index contributed by atoms with van der Waals surface area (Å²) in [5, 5.41) is 0. The molecule has 2 aliphatic rings. The van der Waals surface area contributed by atoms with E-state index in [9.17, 15) is 19.0 Å². The highest BCUT2D eigenvalue weighted by Gasteiger charge is 2.32. The van der Waals surface area contributed by atoms with Gasteiger partial charge in [0.05, 0.1) is 67.8 Å². The number of benzene rings is 4. The fraction of sp³-hybridized carbons (Fsp3) is 0.380. The van der Waals surface area contributed by atoms with Gasteiger partial charge in [0.1, 0.15) is 24.7 Å². The van der Waals surface area contributed by atoms with Gasteiger partial charge in [-0.15, -0.1) is 0 Å². The van der Waals surface area contributed by atoms with Crippen molar-refractivity contribution >= 4 is 66.1 Å². The Bertz CT molecular complexity index is 4060. The van der Waals surface area contributed by atoms with Crippen LogP contribution in [0.2, 0.25) is 0 Å². The van der Waals surface area contributed by atoms with Gasteiger partial charge in [-0.2, -0.15) is 0 Å². The number of aryl methyl sites for hydroxylation is 1. The van der Waals surface area contributed by atoms with Crippen LogP contribution in [0, 0.1) is 5.41 Å². The van der Waals surface area contributed by atoms with Gasteiger partial charge in [-0.25, -0.2) is 19.5 Å². The van der Waals surface area contributed by atoms with Crippen molar-refractivity contribution in [2.24, 2.45) is 5.41 Å². The Morgan fingerprint density at radius 2 is 0.916 bits per heavy atom. The highest BCUT2D eigenvalue weighted by Crippen LogP contribution is 2.46. The maximum absolute atomic E-state index is 14.9. The number of unbranched alkanes of at least 4 members (excludes halogenated alkanes) is 16. The summed E-state index contributed by atoms with van der Waals surface area (Å²) >= 11 is 0. The Morgan fingerprint density at radius 1 is 0.495 bits per heavy atom. The number of esters is 2. The van der Waals surface area contributed by atoms with Crippen LogP contribution in [0.1, 0.15) is 165 Å². The summed E-state index contributed by atoms with van der Waals surface area (Å²) in [7, 11) is 2.05. The van der Waals surface area contributed by atoms with Crippen molar-refractivity contribution in [3.05, 3.63) is 175 Å². The second kappa shape index (κ2) is 33.9. The van der Waals surface area contributed by atoms with E-state index >= 15 is 0 Å². The molecule has 4 aromatic carbocycles. The number of carbonyl (C=O) groups excluding carboxylic acids is 2. The van der Waals surface area contributed by atoms with Crippen molar-refractivity contribution < 1.29 is 42.1 Å². The number of phosphoric ester groups is 1. The monoisotopic (exact) mass is 1300 g/mol. The van der Waals surface area contributed by atoms with Gasteiger partial charge >= 0.3 is 19.8 Å². The van der Waals surface area contributed by atoms with E-state index in [4.69, 9.17) is 28.5 Å². The fourth-order valence-electron chi connectivity index (χ4n) is 12.4. The standard InChI is InChI=1S/C79H94N7O8P/c1-79(2,51-30-18-16-14-12-10-8-6-7-9-11-13-15-17-19-32-56-91-95(89,90)92-57-55-86(3,4)5)78(88)94-71-41-33-40-70(93-72(87)42-29-31-53-85-54-52-80-58-85)77(71)76-68-49-47-66(83-68)74(60-36-25-21-26-37-60)64-45-43-62(81-64)73(59-34-23-20-24-35-59)63-44-46-65(82-63)75(61-38-27-22-28-39-61)67-48-50-69(76)84-67/h20-28,33-41,43-50,52,54,58H,6-19,29-32,42,51,53,55-57H2,1-5H3,(H2-,81,82,83,84,89,90)/p+1. The van der Waals surface area contributed by atoms with Gasteiger partial charge in [-0.05, 0) is 117 Å². The number of fused-ring (bicyclic) bond motifs is 8. The highest BCUT2D eigenvalue weighted by molar-refractivity contribution is 7.47. The number of likely N-dealkylation sites (N-methyl/N-ethyl adjacent to an activating group) is 1. The van der Waals surface area contributed by atoms with Crippen LogP contribution in [0.15, 0.2) is 152 Å². The molecule has 0 saturated carbocycles. The third kappa shape index (κ3) is 19.9. The van der Waals surface area contributed by atoms with E-state index in [1.165, 1.54) is 64.2 Å². The molecule has 498 valence electrons. The second-order valence-corrected chi connectivity index (χ2v) is 28.2. The number of quaternary nitrogens is 1. The number of H-pyrrole nitrogens is 2. The zero-order chi connectivity index (χ0) is 66.5. The smallest absolute Gasteiger partial charge is 0.426 e. The zero-order valence-electron chi connectivity index (χ0n) is 56.2. The molecular weight excluding hydrogens is 1210 g/mol. The minimum absolute atomic E-state index is 0.171. The molecule has 16 heteroatoms. The first-order valence-corrected chi connectivity index (χ1v) is 35.9. The van der Waals surface area contributed by atoms with E-state index in [0.717, 1.165) is 113 Å². The SMILES string of the molecule is CC(C)(CCCCCCCCCCCCCCCCCCOP(=O)(O)OCC[N+](C)(C)C)C(=O)Oc1cccc(OC(=O)CCCCn2ccnc2)c1-c1c2nc(c(-c3ccccc3)c3ccc([nH]3)c(-c3ccccc3)c3nc(c(-c4ccccc4)c4ccc1[nH]4)C=C3)C=C2. The summed E-state index contributed by atoms with van der Waals surface area (Å²) in [6, 6.07) is 44.5. The van der Waals surface area contributed by atoms with Crippen LogP contribution < -0.4 is 9.47 Å². The van der Waals surface area contributed by atoms with Gasteiger partial charge in [0.25, 0.3) is 0 Å². The third-order valence-electron chi connectivity index (χ3n) is 17.7. The van der Waals surface area contributed by atoms with Crippen molar-refractivity contribution in [2.45, 2.75) is 149 Å². The van der Waals surface area contributed by atoms with Gasteiger partial charge in [0, 0.05) is 69.7 Å². The predicted octanol–water partition coefficient (Wildman–Crippen LogP) is 19.7. The molecule has 8 aromatic rings. The van der Waals surface area contributed by atoms with Crippen molar-refractivity contribution in [2.75, 3.05) is 40.9 Å². The number of carbonyl (C=O) groups is 2. The lowest BCUT2D eigenvalue weighted by Crippen LogP contribution is -2.37. The first-order valence-electron chi connectivity index (χ1n) is 34.4. The second-order valence-electron chi connectivity index (χ2n) is 26.8. The summed E-state index contributed by atoms with van der Waals surface area (Å²) in [4.78, 5) is 61.8. The third-order valence-corrected chi connectivity index (χ3v) is 18.7. The van der Waals surface area contributed by atoms with E-state index in [1.807, 2.05) is 106 Å². The molecule has 95 heavy (non-hydrogen) atoms. The van der Waals surface area contributed by atoms with Gasteiger partial charge in [-0.1, -0.05) is 193 Å².